The van der Waals surface area contributed by atoms with E-state index in [-0.39, 0.29) is 17.7 Å². The van der Waals surface area contributed by atoms with Gasteiger partial charge in [0.25, 0.3) is 5.91 Å². The molecule has 230 valence electrons. The molecule has 43 heavy (non-hydrogen) atoms. The van der Waals surface area contributed by atoms with Gasteiger partial charge in [-0.05, 0) is 63.3 Å². The van der Waals surface area contributed by atoms with Gasteiger partial charge in [-0.3, -0.25) is 14.7 Å². The first kappa shape index (κ1) is 30.9. The van der Waals surface area contributed by atoms with Crippen LogP contribution in [0.25, 0.3) is 0 Å². The normalized spacial score (nSPS) is 17.4. The maximum absolute atomic E-state index is 13.3. The molecule has 0 spiro atoms. The number of carbonyl (C=O) groups excluding carboxylic acids is 2. The SMILES string of the molecule is CN1CCN(c2ccc(C(=O)Nc3n[nH]c4c3CNCC4)c(NC(=O)C3CCNCC3)c2)CC1.Fc1cc(F)cc(S)c1. The average molecular weight is 613 g/mol. The quantitative estimate of drug-likeness (QED) is 0.245. The molecule has 0 atom stereocenters. The summed E-state index contributed by atoms with van der Waals surface area (Å²) < 4.78 is 24.3. The van der Waals surface area contributed by atoms with Crippen LogP contribution in [0, 0.1) is 17.6 Å². The van der Waals surface area contributed by atoms with Gasteiger partial charge in [0.1, 0.15) is 11.6 Å². The van der Waals surface area contributed by atoms with E-state index in [0.717, 1.165) is 100 Å². The molecule has 1 aromatic heterocycles. The molecule has 6 rings (SSSR count). The second-order valence-corrected chi connectivity index (χ2v) is 11.6. The Balaban J connectivity index is 0.000000351. The molecule has 2 fully saturated rings. The monoisotopic (exact) mass is 612 g/mol. The first-order valence-electron chi connectivity index (χ1n) is 14.6. The number of piperidine rings is 1. The number of nitrogens with zero attached hydrogens (tertiary/aromatic N) is 3. The summed E-state index contributed by atoms with van der Waals surface area (Å²) in [5, 5.41) is 20.0. The Hall–Kier alpha value is -3.52. The molecule has 0 aliphatic carbocycles. The minimum Gasteiger partial charge on any atom is -0.369 e. The summed E-state index contributed by atoms with van der Waals surface area (Å²) in [5.41, 5.74) is 4.07. The number of anilines is 3. The number of carbonyl (C=O) groups is 2. The molecule has 3 aromatic rings. The van der Waals surface area contributed by atoms with Gasteiger partial charge in [0.2, 0.25) is 5.91 Å². The lowest BCUT2D eigenvalue weighted by Gasteiger charge is -2.34. The maximum Gasteiger partial charge on any atom is 0.258 e. The number of aromatic amines is 1. The highest BCUT2D eigenvalue weighted by Crippen LogP contribution is 2.28. The number of amides is 2. The van der Waals surface area contributed by atoms with Gasteiger partial charge in [0, 0.05) is 79.5 Å². The lowest BCUT2D eigenvalue weighted by atomic mass is 9.97. The van der Waals surface area contributed by atoms with E-state index < -0.39 is 11.6 Å². The highest BCUT2D eigenvalue weighted by Gasteiger charge is 2.25. The minimum absolute atomic E-state index is 0.0209. The van der Waals surface area contributed by atoms with Crippen molar-refractivity contribution >= 4 is 41.6 Å². The van der Waals surface area contributed by atoms with E-state index in [1.807, 2.05) is 18.2 Å². The number of halogens is 2. The zero-order valence-electron chi connectivity index (χ0n) is 24.2. The van der Waals surface area contributed by atoms with Gasteiger partial charge in [0.05, 0.1) is 11.3 Å². The lowest BCUT2D eigenvalue weighted by Crippen LogP contribution is -2.44. The summed E-state index contributed by atoms with van der Waals surface area (Å²) in [6.07, 6.45) is 2.46. The Bertz CT molecular complexity index is 1390. The van der Waals surface area contributed by atoms with Crippen molar-refractivity contribution in [3.8, 4) is 0 Å². The van der Waals surface area contributed by atoms with Gasteiger partial charge in [-0.15, -0.1) is 12.6 Å². The van der Waals surface area contributed by atoms with E-state index in [4.69, 9.17) is 0 Å². The summed E-state index contributed by atoms with van der Waals surface area (Å²) in [6.45, 7) is 7.03. The number of hydrogen-bond donors (Lipinski definition) is 6. The topological polar surface area (TPSA) is 117 Å². The highest BCUT2D eigenvalue weighted by atomic mass is 32.1. The number of nitrogens with one attached hydrogen (secondary N) is 5. The second kappa shape index (κ2) is 14.3. The molecule has 3 aliphatic rings. The van der Waals surface area contributed by atoms with Crippen LogP contribution in [0.15, 0.2) is 41.3 Å². The predicted molar refractivity (Wildman–Crippen MR) is 166 cm³/mol. The van der Waals surface area contributed by atoms with Gasteiger partial charge in [-0.2, -0.15) is 5.10 Å². The van der Waals surface area contributed by atoms with Crippen LogP contribution in [0.1, 0.15) is 34.5 Å². The Morgan fingerprint density at radius 2 is 1.67 bits per heavy atom. The predicted octanol–water partition coefficient (Wildman–Crippen LogP) is 3.25. The summed E-state index contributed by atoms with van der Waals surface area (Å²) in [5.74, 6) is -0.988. The smallest absolute Gasteiger partial charge is 0.258 e. The second-order valence-electron chi connectivity index (χ2n) is 11.1. The van der Waals surface area contributed by atoms with Crippen LogP contribution >= 0.6 is 12.6 Å². The van der Waals surface area contributed by atoms with Gasteiger partial charge < -0.3 is 31.1 Å². The minimum atomic E-state index is -0.597. The van der Waals surface area contributed by atoms with Gasteiger partial charge in [0.15, 0.2) is 5.82 Å². The molecule has 0 radical (unpaired) electrons. The number of piperazine rings is 1. The number of benzene rings is 2. The van der Waals surface area contributed by atoms with Crippen molar-refractivity contribution in [3.05, 3.63) is 64.9 Å². The van der Waals surface area contributed by atoms with Gasteiger partial charge in [-0.25, -0.2) is 8.78 Å². The molecule has 5 N–H and O–H groups in total. The molecule has 0 unspecified atom stereocenters. The summed E-state index contributed by atoms with van der Waals surface area (Å²) in [6, 6.07) is 8.83. The fourth-order valence-corrected chi connectivity index (χ4v) is 5.70. The fourth-order valence-electron chi connectivity index (χ4n) is 5.46. The maximum atomic E-state index is 13.3. The molecular weight excluding hydrogens is 574 g/mol. The van der Waals surface area contributed by atoms with Crippen molar-refractivity contribution in [1.29, 1.82) is 0 Å². The number of likely N-dealkylation sites (N-methyl/N-ethyl adjacent to an activating group) is 1. The molecule has 4 heterocycles. The van der Waals surface area contributed by atoms with Crippen molar-refractivity contribution in [2.75, 3.05) is 68.4 Å². The lowest BCUT2D eigenvalue weighted by molar-refractivity contribution is -0.120. The van der Waals surface area contributed by atoms with Crippen LogP contribution in [-0.4, -0.2) is 79.8 Å². The number of thiol groups is 1. The summed E-state index contributed by atoms with van der Waals surface area (Å²) in [7, 11) is 2.12. The molecule has 2 aromatic carbocycles. The zero-order chi connectivity index (χ0) is 30.3. The largest absolute Gasteiger partial charge is 0.369 e. The van der Waals surface area contributed by atoms with E-state index in [2.05, 4.69) is 60.9 Å². The standard InChI is InChI=1S/C24H34N8O2.C6H4F2S/c1-31-10-12-32(13-11-31)17-2-3-18(21(14-17)27-23(33)16-4-7-25-8-5-16)24(34)28-22-19-15-26-9-6-20(19)29-30-22;7-4-1-5(8)3-6(9)2-4/h2-3,14,16,25-26H,4-13,15H2,1H3,(H,27,33)(H2,28,29,30,34);1-3,9H. The molecule has 3 aliphatic heterocycles. The van der Waals surface area contributed by atoms with E-state index >= 15 is 0 Å². The molecule has 0 bridgehead atoms. The average Bonchev–Trinajstić information content (AvgIpc) is 3.40. The van der Waals surface area contributed by atoms with Crippen molar-refractivity contribution < 1.29 is 18.4 Å². The Labute approximate surface area is 255 Å². The number of rotatable bonds is 5. The van der Waals surface area contributed by atoms with Crippen LogP contribution in [0.5, 0.6) is 0 Å². The number of fused-ring (bicyclic) bond motifs is 1. The van der Waals surface area contributed by atoms with Gasteiger partial charge in [-0.1, -0.05) is 0 Å². The molecular formula is C30H38F2N8O2S. The molecule has 0 saturated carbocycles. The van der Waals surface area contributed by atoms with Crippen LogP contribution in [0.4, 0.5) is 26.0 Å². The number of hydrogen-bond acceptors (Lipinski definition) is 8. The van der Waals surface area contributed by atoms with Crippen LogP contribution in [-0.2, 0) is 17.8 Å². The summed E-state index contributed by atoms with van der Waals surface area (Å²) in [4.78, 5) is 31.3. The Morgan fingerprint density at radius 3 is 2.37 bits per heavy atom. The highest BCUT2D eigenvalue weighted by molar-refractivity contribution is 7.80. The van der Waals surface area contributed by atoms with E-state index in [0.29, 0.717) is 28.5 Å². The Kier molecular flexibility index (Phi) is 10.3. The van der Waals surface area contributed by atoms with Crippen molar-refractivity contribution in [3.63, 3.8) is 0 Å². The Morgan fingerprint density at radius 1 is 0.953 bits per heavy atom. The first-order valence-corrected chi connectivity index (χ1v) is 15.0. The van der Waals surface area contributed by atoms with Crippen molar-refractivity contribution in [2.24, 2.45) is 5.92 Å². The van der Waals surface area contributed by atoms with E-state index in [1.165, 1.54) is 0 Å². The molecule has 2 saturated heterocycles. The third kappa shape index (κ3) is 8.11. The van der Waals surface area contributed by atoms with E-state index in [9.17, 15) is 18.4 Å². The first-order chi connectivity index (χ1) is 20.8. The zero-order valence-corrected chi connectivity index (χ0v) is 25.1. The third-order valence-corrected chi connectivity index (χ3v) is 8.23. The van der Waals surface area contributed by atoms with Crippen molar-refractivity contribution in [2.45, 2.75) is 30.7 Å². The van der Waals surface area contributed by atoms with Crippen LogP contribution in [0.2, 0.25) is 0 Å². The number of H-pyrrole nitrogens is 1. The summed E-state index contributed by atoms with van der Waals surface area (Å²) >= 11 is 3.74. The van der Waals surface area contributed by atoms with Crippen molar-refractivity contribution in [1.82, 2.24) is 25.7 Å². The number of aromatic nitrogens is 2. The van der Waals surface area contributed by atoms with Gasteiger partial charge >= 0.3 is 0 Å². The molecule has 10 nitrogen and oxygen atoms in total. The fraction of sp³-hybridized carbons (Fsp3) is 0.433. The van der Waals surface area contributed by atoms with Crippen LogP contribution in [0.3, 0.4) is 0 Å². The molecule has 13 heteroatoms. The van der Waals surface area contributed by atoms with Crippen LogP contribution < -0.4 is 26.2 Å². The molecule has 2 amide bonds. The third-order valence-electron chi connectivity index (χ3n) is 7.97. The van der Waals surface area contributed by atoms with E-state index in [1.54, 1.807) is 0 Å².